The number of nitrogens with zero attached hydrogens (tertiary/aromatic N) is 3. The molecule has 110 valence electrons. The predicted octanol–water partition coefficient (Wildman–Crippen LogP) is -0.505. The van der Waals surface area contributed by atoms with Gasteiger partial charge in [-0.15, -0.1) is 5.10 Å². The first-order valence-electron chi connectivity index (χ1n) is 6.87. The Labute approximate surface area is 117 Å². The predicted molar refractivity (Wildman–Crippen MR) is 73.0 cm³/mol. The molecule has 2 heterocycles. The van der Waals surface area contributed by atoms with Crippen molar-refractivity contribution in [2.45, 2.75) is 38.8 Å². The number of rotatable bonds is 5. The Morgan fingerprint density at radius 1 is 1.50 bits per heavy atom. The number of hydrogen-bond acceptors (Lipinski definition) is 5. The molecule has 2 rings (SSSR count). The summed E-state index contributed by atoms with van der Waals surface area (Å²) in [6.07, 6.45) is 3.99. The lowest BCUT2D eigenvalue weighted by Crippen LogP contribution is -2.46. The number of piperidine rings is 1. The van der Waals surface area contributed by atoms with Gasteiger partial charge >= 0.3 is 0 Å². The Morgan fingerprint density at radius 3 is 3.05 bits per heavy atom. The fourth-order valence-corrected chi connectivity index (χ4v) is 2.06. The minimum Gasteiger partial charge on any atom is -0.350 e. The molecule has 0 aromatic carbocycles. The Hall–Kier alpha value is -1.96. The van der Waals surface area contributed by atoms with E-state index in [0.717, 1.165) is 25.9 Å². The molecule has 1 fully saturated rings. The van der Waals surface area contributed by atoms with Crippen molar-refractivity contribution >= 4 is 17.6 Å². The maximum atomic E-state index is 11.9. The molecule has 2 amide bonds. The van der Waals surface area contributed by atoms with E-state index in [1.165, 1.54) is 4.68 Å². The summed E-state index contributed by atoms with van der Waals surface area (Å²) < 4.78 is 1.41. The quantitative estimate of drug-likeness (QED) is 0.674. The molecule has 1 atom stereocenters. The van der Waals surface area contributed by atoms with E-state index in [0.29, 0.717) is 12.2 Å². The maximum Gasteiger partial charge on any atom is 0.242 e. The highest BCUT2D eigenvalue weighted by Gasteiger charge is 2.16. The molecule has 0 aliphatic carbocycles. The van der Waals surface area contributed by atoms with E-state index < -0.39 is 0 Å². The van der Waals surface area contributed by atoms with Crippen molar-refractivity contribution < 1.29 is 9.59 Å². The van der Waals surface area contributed by atoms with E-state index in [4.69, 9.17) is 0 Å². The molecule has 20 heavy (non-hydrogen) atoms. The van der Waals surface area contributed by atoms with Crippen molar-refractivity contribution in [1.29, 1.82) is 0 Å². The molecule has 0 saturated carbocycles. The van der Waals surface area contributed by atoms with Crippen LogP contribution in [-0.2, 0) is 16.1 Å². The minimum atomic E-state index is -0.130. The van der Waals surface area contributed by atoms with Gasteiger partial charge in [0.15, 0.2) is 5.82 Å². The van der Waals surface area contributed by atoms with Crippen LogP contribution in [0.3, 0.4) is 0 Å². The number of amides is 2. The van der Waals surface area contributed by atoms with Crippen LogP contribution in [0.25, 0.3) is 0 Å². The number of anilines is 1. The molecule has 0 bridgehead atoms. The average molecular weight is 280 g/mol. The summed E-state index contributed by atoms with van der Waals surface area (Å²) in [7, 11) is 0. The molecule has 8 nitrogen and oxygen atoms in total. The lowest BCUT2D eigenvalue weighted by molar-refractivity contribution is -0.122. The SMILES string of the molecule is CCC(=O)Nc1cn(CC(=O)NC2CCCNC2)nn1. The summed E-state index contributed by atoms with van der Waals surface area (Å²) in [5.41, 5.74) is 0. The Bertz CT molecular complexity index is 466. The van der Waals surface area contributed by atoms with E-state index in [1.54, 1.807) is 13.1 Å². The molecule has 1 unspecified atom stereocenters. The third kappa shape index (κ3) is 4.30. The lowest BCUT2D eigenvalue weighted by atomic mass is 10.1. The van der Waals surface area contributed by atoms with Gasteiger partial charge in [-0.1, -0.05) is 12.1 Å². The maximum absolute atomic E-state index is 11.9. The second-order valence-corrected chi connectivity index (χ2v) is 4.81. The second kappa shape index (κ2) is 6.99. The van der Waals surface area contributed by atoms with Crippen molar-refractivity contribution in [2.75, 3.05) is 18.4 Å². The molecule has 3 N–H and O–H groups in total. The van der Waals surface area contributed by atoms with Crippen LogP contribution in [-0.4, -0.2) is 45.9 Å². The van der Waals surface area contributed by atoms with Crippen molar-refractivity contribution in [2.24, 2.45) is 0 Å². The van der Waals surface area contributed by atoms with Crippen LogP contribution in [0.15, 0.2) is 6.20 Å². The average Bonchev–Trinajstić information content (AvgIpc) is 2.86. The monoisotopic (exact) mass is 280 g/mol. The first-order valence-corrected chi connectivity index (χ1v) is 6.87. The molecule has 8 heteroatoms. The topological polar surface area (TPSA) is 101 Å². The van der Waals surface area contributed by atoms with Gasteiger partial charge in [0, 0.05) is 19.0 Å². The molecule has 1 aliphatic heterocycles. The van der Waals surface area contributed by atoms with Gasteiger partial charge in [0.25, 0.3) is 0 Å². The summed E-state index contributed by atoms with van der Waals surface area (Å²) in [5, 5.41) is 16.4. The zero-order valence-electron chi connectivity index (χ0n) is 11.6. The molecule has 1 saturated heterocycles. The van der Waals surface area contributed by atoms with Gasteiger partial charge < -0.3 is 16.0 Å². The van der Waals surface area contributed by atoms with Crippen LogP contribution < -0.4 is 16.0 Å². The van der Waals surface area contributed by atoms with E-state index in [-0.39, 0.29) is 24.4 Å². The Kier molecular flexibility index (Phi) is 5.05. The third-order valence-corrected chi connectivity index (χ3v) is 3.09. The molecule has 1 aromatic heterocycles. The van der Waals surface area contributed by atoms with Gasteiger partial charge in [-0.05, 0) is 19.4 Å². The number of carbonyl (C=O) groups excluding carboxylic acids is 2. The van der Waals surface area contributed by atoms with Crippen LogP contribution in [0, 0.1) is 0 Å². The molecule has 1 aromatic rings. The van der Waals surface area contributed by atoms with Gasteiger partial charge in [0.05, 0.1) is 6.20 Å². The van der Waals surface area contributed by atoms with Gasteiger partial charge in [0.1, 0.15) is 6.54 Å². The Balaban J connectivity index is 1.80. The van der Waals surface area contributed by atoms with Crippen molar-refractivity contribution in [3.05, 3.63) is 6.20 Å². The summed E-state index contributed by atoms with van der Waals surface area (Å²) in [4.78, 5) is 23.1. The summed E-state index contributed by atoms with van der Waals surface area (Å²) in [6.45, 7) is 3.67. The normalized spacial score (nSPS) is 18.6. The number of hydrogen-bond donors (Lipinski definition) is 3. The number of aromatic nitrogens is 3. The summed E-state index contributed by atoms with van der Waals surface area (Å²) >= 11 is 0. The molecule has 0 spiro atoms. The van der Waals surface area contributed by atoms with E-state index >= 15 is 0 Å². The second-order valence-electron chi connectivity index (χ2n) is 4.81. The third-order valence-electron chi connectivity index (χ3n) is 3.09. The van der Waals surface area contributed by atoms with Crippen LogP contribution >= 0.6 is 0 Å². The fourth-order valence-electron chi connectivity index (χ4n) is 2.06. The van der Waals surface area contributed by atoms with E-state index in [1.807, 2.05) is 0 Å². The van der Waals surface area contributed by atoms with Gasteiger partial charge in [0.2, 0.25) is 11.8 Å². The van der Waals surface area contributed by atoms with Gasteiger partial charge in [-0.25, -0.2) is 4.68 Å². The van der Waals surface area contributed by atoms with Crippen molar-refractivity contribution in [3.63, 3.8) is 0 Å². The van der Waals surface area contributed by atoms with Crippen molar-refractivity contribution in [1.82, 2.24) is 25.6 Å². The molecule has 0 radical (unpaired) electrons. The van der Waals surface area contributed by atoms with E-state index in [2.05, 4.69) is 26.3 Å². The number of nitrogens with one attached hydrogen (secondary N) is 3. The summed E-state index contributed by atoms with van der Waals surface area (Å²) in [6, 6.07) is 0.180. The molecule has 1 aliphatic rings. The summed E-state index contributed by atoms with van der Waals surface area (Å²) in [5.74, 6) is 0.135. The molecular formula is C12H20N6O2. The van der Waals surface area contributed by atoms with Crippen LogP contribution in [0.1, 0.15) is 26.2 Å². The van der Waals surface area contributed by atoms with Crippen LogP contribution in [0.2, 0.25) is 0 Å². The standard InChI is InChI=1S/C12H20N6O2/c1-2-11(19)15-10-7-18(17-16-10)8-12(20)14-9-4-3-5-13-6-9/h7,9,13H,2-6,8H2,1H3,(H,14,20)(H,15,19). The van der Waals surface area contributed by atoms with Gasteiger partial charge in [-0.2, -0.15) is 0 Å². The highest BCUT2D eigenvalue weighted by Crippen LogP contribution is 2.03. The smallest absolute Gasteiger partial charge is 0.242 e. The zero-order chi connectivity index (χ0) is 14.4. The first-order chi connectivity index (χ1) is 9.67. The van der Waals surface area contributed by atoms with Crippen LogP contribution in [0.4, 0.5) is 5.82 Å². The lowest BCUT2D eigenvalue weighted by Gasteiger charge is -2.23. The zero-order valence-corrected chi connectivity index (χ0v) is 11.6. The van der Waals surface area contributed by atoms with Crippen molar-refractivity contribution in [3.8, 4) is 0 Å². The highest BCUT2D eigenvalue weighted by atomic mass is 16.2. The van der Waals surface area contributed by atoms with Crippen LogP contribution in [0.5, 0.6) is 0 Å². The minimum absolute atomic E-state index is 0.100. The number of carbonyl (C=O) groups is 2. The highest BCUT2D eigenvalue weighted by molar-refractivity contribution is 5.89. The molecular weight excluding hydrogens is 260 g/mol. The van der Waals surface area contributed by atoms with E-state index in [9.17, 15) is 9.59 Å². The van der Waals surface area contributed by atoms with Gasteiger partial charge in [-0.3, -0.25) is 9.59 Å². The largest absolute Gasteiger partial charge is 0.350 e. The first kappa shape index (κ1) is 14.4. The Morgan fingerprint density at radius 2 is 2.35 bits per heavy atom. The fraction of sp³-hybridized carbons (Fsp3) is 0.667.